The van der Waals surface area contributed by atoms with Crippen molar-refractivity contribution in [3.8, 4) is 17.0 Å². The summed E-state index contributed by atoms with van der Waals surface area (Å²) in [4.78, 5) is 10.6. The van der Waals surface area contributed by atoms with Gasteiger partial charge >= 0.3 is 6.09 Å². The standard InChI is InChI=1S/C19H19N3O4/c1-24-18-5-3-2-4-14(18)11-21-15-8-6-13(7-9-15)17-10-16(26-22-17)12-25-19(20)23/h2-10,21H,11-12H2,1H3,(H2,20,23). The molecule has 3 rings (SSSR count). The Morgan fingerprint density at radius 1 is 1.19 bits per heavy atom. The van der Waals surface area contributed by atoms with Crippen molar-refractivity contribution < 1.29 is 18.8 Å². The number of hydrogen-bond donors (Lipinski definition) is 2. The SMILES string of the molecule is COc1ccccc1CNc1ccc(-c2cc(COC(N)=O)on2)cc1. The number of amides is 1. The number of rotatable bonds is 7. The molecule has 0 fully saturated rings. The highest BCUT2D eigenvalue weighted by Crippen LogP contribution is 2.23. The summed E-state index contributed by atoms with van der Waals surface area (Å²) in [6, 6.07) is 17.4. The lowest BCUT2D eigenvalue weighted by molar-refractivity contribution is 0.137. The number of nitrogens with one attached hydrogen (secondary N) is 1. The molecule has 0 atom stereocenters. The van der Waals surface area contributed by atoms with Gasteiger partial charge in [0, 0.05) is 29.4 Å². The summed E-state index contributed by atoms with van der Waals surface area (Å²) in [7, 11) is 1.66. The quantitative estimate of drug-likeness (QED) is 0.674. The van der Waals surface area contributed by atoms with Gasteiger partial charge in [-0.3, -0.25) is 0 Å². The summed E-state index contributed by atoms with van der Waals surface area (Å²) in [6.45, 7) is 0.614. The lowest BCUT2D eigenvalue weighted by Gasteiger charge is -2.10. The van der Waals surface area contributed by atoms with Crippen LogP contribution in [0.2, 0.25) is 0 Å². The highest BCUT2D eigenvalue weighted by Gasteiger charge is 2.08. The molecule has 3 N–H and O–H groups in total. The fourth-order valence-corrected chi connectivity index (χ4v) is 2.46. The van der Waals surface area contributed by atoms with Crippen molar-refractivity contribution in [2.75, 3.05) is 12.4 Å². The second-order valence-electron chi connectivity index (χ2n) is 5.53. The molecule has 0 radical (unpaired) electrons. The smallest absolute Gasteiger partial charge is 0.404 e. The van der Waals surface area contributed by atoms with E-state index >= 15 is 0 Å². The van der Waals surface area contributed by atoms with E-state index < -0.39 is 6.09 Å². The number of nitrogens with two attached hydrogens (primary N) is 1. The Bertz CT molecular complexity index is 875. The van der Waals surface area contributed by atoms with E-state index in [0.717, 1.165) is 22.6 Å². The van der Waals surface area contributed by atoms with Crippen LogP contribution in [-0.2, 0) is 17.9 Å². The van der Waals surface area contributed by atoms with Gasteiger partial charge in [-0.05, 0) is 18.2 Å². The second kappa shape index (κ2) is 8.06. The molecule has 0 spiro atoms. The molecule has 2 aromatic carbocycles. The number of methoxy groups -OCH3 is 1. The first-order valence-corrected chi connectivity index (χ1v) is 8.00. The monoisotopic (exact) mass is 353 g/mol. The first-order valence-electron chi connectivity index (χ1n) is 8.00. The van der Waals surface area contributed by atoms with Crippen LogP contribution in [0.25, 0.3) is 11.3 Å². The molecule has 1 amide bonds. The van der Waals surface area contributed by atoms with Gasteiger partial charge in [0.15, 0.2) is 12.4 Å². The first kappa shape index (κ1) is 17.3. The molecule has 0 saturated carbocycles. The zero-order valence-electron chi connectivity index (χ0n) is 14.3. The molecule has 0 aliphatic rings. The summed E-state index contributed by atoms with van der Waals surface area (Å²) < 4.78 is 15.1. The third-order valence-corrected chi connectivity index (χ3v) is 3.77. The van der Waals surface area contributed by atoms with Crippen LogP contribution in [0.15, 0.2) is 59.1 Å². The van der Waals surface area contributed by atoms with Gasteiger partial charge in [-0.15, -0.1) is 0 Å². The van der Waals surface area contributed by atoms with Crippen LogP contribution >= 0.6 is 0 Å². The van der Waals surface area contributed by atoms with Gasteiger partial charge < -0.3 is 25.0 Å². The summed E-state index contributed by atoms with van der Waals surface area (Å²) >= 11 is 0. The molecular formula is C19H19N3O4. The Balaban J connectivity index is 1.62. The number of aromatic nitrogens is 1. The molecule has 0 bridgehead atoms. The molecule has 26 heavy (non-hydrogen) atoms. The molecule has 1 aromatic heterocycles. The molecule has 0 unspecified atom stereocenters. The van der Waals surface area contributed by atoms with E-state index in [1.165, 1.54) is 0 Å². The molecule has 3 aromatic rings. The van der Waals surface area contributed by atoms with Gasteiger partial charge in [-0.25, -0.2) is 4.79 Å². The predicted molar refractivity (Wildman–Crippen MR) is 96.6 cm³/mol. The van der Waals surface area contributed by atoms with Crippen molar-refractivity contribution in [2.45, 2.75) is 13.2 Å². The van der Waals surface area contributed by atoms with E-state index in [-0.39, 0.29) is 6.61 Å². The van der Waals surface area contributed by atoms with Gasteiger partial charge in [-0.1, -0.05) is 35.5 Å². The summed E-state index contributed by atoms with van der Waals surface area (Å²) in [5.74, 6) is 1.28. The molecule has 1 heterocycles. The lowest BCUT2D eigenvalue weighted by Crippen LogP contribution is -2.12. The van der Waals surface area contributed by atoms with Crippen LogP contribution in [0.4, 0.5) is 10.5 Å². The highest BCUT2D eigenvalue weighted by atomic mass is 16.6. The molecule has 0 aliphatic heterocycles. The van der Waals surface area contributed by atoms with Gasteiger partial charge in [-0.2, -0.15) is 0 Å². The molecule has 0 aliphatic carbocycles. The van der Waals surface area contributed by atoms with Crippen molar-refractivity contribution in [2.24, 2.45) is 5.73 Å². The molecule has 7 nitrogen and oxygen atoms in total. The van der Waals surface area contributed by atoms with Crippen LogP contribution in [0, 0.1) is 0 Å². The third kappa shape index (κ3) is 4.32. The van der Waals surface area contributed by atoms with Crippen molar-refractivity contribution in [1.82, 2.24) is 5.16 Å². The number of carbonyl (C=O) groups excluding carboxylic acids is 1. The Labute approximate surface area is 150 Å². The van der Waals surface area contributed by atoms with Crippen molar-refractivity contribution in [3.63, 3.8) is 0 Å². The van der Waals surface area contributed by atoms with Crippen molar-refractivity contribution in [1.29, 1.82) is 0 Å². The van der Waals surface area contributed by atoms with Gasteiger partial charge in [0.05, 0.1) is 7.11 Å². The number of ether oxygens (including phenoxy) is 2. The second-order valence-corrected chi connectivity index (χ2v) is 5.53. The minimum absolute atomic E-state index is 0.0408. The van der Waals surface area contributed by atoms with Crippen LogP contribution in [0.3, 0.4) is 0 Å². The van der Waals surface area contributed by atoms with E-state index in [4.69, 9.17) is 15.0 Å². The van der Waals surface area contributed by atoms with Crippen LogP contribution in [0.1, 0.15) is 11.3 Å². The zero-order valence-corrected chi connectivity index (χ0v) is 14.3. The molecule has 7 heteroatoms. The van der Waals surface area contributed by atoms with Crippen molar-refractivity contribution >= 4 is 11.8 Å². The van der Waals surface area contributed by atoms with E-state index in [1.807, 2.05) is 48.5 Å². The summed E-state index contributed by atoms with van der Waals surface area (Å²) in [5, 5.41) is 7.32. The van der Waals surface area contributed by atoms with E-state index in [2.05, 4.69) is 15.2 Å². The number of hydrogen-bond acceptors (Lipinski definition) is 6. The van der Waals surface area contributed by atoms with E-state index in [0.29, 0.717) is 18.0 Å². The average Bonchev–Trinajstić information content (AvgIpc) is 3.14. The summed E-state index contributed by atoms with van der Waals surface area (Å²) in [6.07, 6.45) is -0.853. The fraction of sp³-hybridized carbons (Fsp3) is 0.158. The fourth-order valence-electron chi connectivity index (χ4n) is 2.46. The number of primary amides is 1. The van der Waals surface area contributed by atoms with Crippen molar-refractivity contribution in [3.05, 3.63) is 65.9 Å². The lowest BCUT2D eigenvalue weighted by atomic mass is 10.1. The Morgan fingerprint density at radius 3 is 2.69 bits per heavy atom. The largest absolute Gasteiger partial charge is 0.496 e. The maximum atomic E-state index is 10.6. The summed E-state index contributed by atoms with van der Waals surface area (Å²) in [5.41, 5.74) is 8.52. The number of para-hydroxylation sites is 1. The van der Waals surface area contributed by atoms with Gasteiger partial charge in [0.1, 0.15) is 11.4 Å². The Morgan fingerprint density at radius 2 is 1.96 bits per heavy atom. The maximum Gasteiger partial charge on any atom is 0.404 e. The van der Waals surface area contributed by atoms with Crippen LogP contribution in [-0.4, -0.2) is 18.4 Å². The van der Waals surface area contributed by atoms with E-state index in [1.54, 1.807) is 13.2 Å². The molecular weight excluding hydrogens is 334 g/mol. The van der Waals surface area contributed by atoms with Crippen LogP contribution < -0.4 is 15.8 Å². The Hall–Kier alpha value is -3.48. The topological polar surface area (TPSA) is 99.6 Å². The van der Waals surface area contributed by atoms with Crippen LogP contribution in [0.5, 0.6) is 5.75 Å². The number of nitrogens with zero attached hydrogens (tertiary/aromatic N) is 1. The molecule has 0 saturated heterocycles. The van der Waals surface area contributed by atoms with E-state index in [9.17, 15) is 4.79 Å². The highest BCUT2D eigenvalue weighted by molar-refractivity contribution is 5.65. The Kier molecular flexibility index (Phi) is 5.38. The zero-order chi connectivity index (χ0) is 18.4. The minimum Gasteiger partial charge on any atom is -0.496 e. The normalized spacial score (nSPS) is 10.3. The number of anilines is 1. The molecule has 134 valence electrons. The maximum absolute atomic E-state index is 10.6. The average molecular weight is 353 g/mol. The van der Waals surface area contributed by atoms with Gasteiger partial charge in [0.2, 0.25) is 0 Å². The first-order chi connectivity index (χ1) is 12.7. The third-order valence-electron chi connectivity index (χ3n) is 3.77. The number of benzene rings is 2. The number of carbonyl (C=O) groups is 1. The van der Waals surface area contributed by atoms with Gasteiger partial charge in [0.25, 0.3) is 0 Å². The minimum atomic E-state index is -0.853. The predicted octanol–water partition coefficient (Wildman–Crippen LogP) is 3.56.